The standard InChI is InChI=1S/C23H21Cl3N2O4/c1-3-10-28-18(13-32-19-12-16(25)8-9-17(19)26)20(22(29)31-4-2)21(27-23(28)30)14-6-5-7-15(24)11-14/h3,5-9,11-12,21H,1,4,10,13H2,2H3,(H,27,30). The summed E-state index contributed by atoms with van der Waals surface area (Å²) in [5.74, 6) is -0.263. The van der Waals surface area contributed by atoms with Crippen molar-refractivity contribution in [3.05, 3.63) is 87.0 Å². The fraction of sp³-hybridized carbons (Fsp3) is 0.217. The van der Waals surface area contributed by atoms with Crippen LogP contribution >= 0.6 is 34.8 Å². The van der Waals surface area contributed by atoms with E-state index in [1.54, 1.807) is 55.5 Å². The van der Waals surface area contributed by atoms with Gasteiger partial charge in [-0.2, -0.15) is 0 Å². The van der Waals surface area contributed by atoms with Crippen molar-refractivity contribution >= 4 is 46.8 Å². The summed E-state index contributed by atoms with van der Waals surface area (Å²) >= 11 is 18.4. The molecule has 6 nitrogen and oxygen atoms in total. The van der Waals surface area contributed by atoms with Crippen LogP contribution in [-0.4, -0.2) is 36.7 Å². The third-order valence-electron chi connectivity index (χ3n) is 4.69. The molecule has 0 spiro atoms. The third-order valence-corrected chi connectivity index (χ3v) is 5.47. The van der Waals surface area contributed by atoms with Gasteiger partial charge in [-0.05, 0) is 36.8 Å². The number of nitrogens with one attached hydrogen (secondary N) is 1. The average Bonchev–Trinajstić information content (AvgIpc) is 2.76. The third kappa shape index (κ3) is 5.38. The molecule has 0 aliphatic carbocycles. The molecule has 1 heterocycles. The first-order valence-corrected chi connectivity index (χ1v) is 10.9. The smallest absolute Gasteiger partial charge is 0.338 e. The lowest BCUT2D eigenvalue weighted by atomic mass is 9.94. The van der Waals surface area contributed by atoms with Gasteiger partial charge in [0.25, 0.3) is 0 Å². The van der Waals surface area contributed by atoms with Gasteiger partial charge in [-0.3, -0.25) is 4.90 Å². The summed E-state index contributed by atoms with van der Waals surface area (Å²) in [6.07, 6.45) is 1.55. The predicted octanol–water partition coefficient (Wildman–Crippen LogP) is 5.80. The first-order chi connectivity index (χ1) is 15.3. The second-order valence-electron chi connectivity index (χ2n) is 6.78. The molecule has 0 aromatic heterocycles. The number of esters is 1. The van der Waals surface area contributed by atoms with Crippen LogP contribution in [0.25, 0.3) is 0 Å². The molecule has 0 saturated carbocycles. The Hall–Kier alpha value is -2.67. The fourth-order valence-corrected chi connectivity index (χ4v) is 3.83. The van der Waals surface area contributed by atoms with Crippen LogP contribution < -0.4 is 10.1 Å². The summed E-state index contributed by atoms with van der Waals surface area (Å²) in [4.78, 5) is 27.4. The molecular formula is C23H21Cl3N2O4. The van der Waals surface area contributed by atoms with Gasteiger partial charge in [-0.1, -0.05) is 53.0 Å². The van der Waals surface area contributed by atoms with Crippen molar-refractivity contribution in [3.63, 3.8) is 0 Å². The molecule has 1 aliphatic rings. The van der Waals surface area contributed by atoms with Crippen LogP contribution in [0.5, 0.6) is 5.75 Å². The zero-order valence-corrected chi connectivity index (χ0v) is 19.5. The fourth-order valence-electron chi connectivity index (χ4n) is 3.30. The molecule has 3 rings (SSSR count). The molecule has 1 unspecified atom stereocenters. The number of ether oxygens (including phenoxy) is 2. The van der Waals surface area contributed by atoms with Crippen LogP contribution in [0.2, 0.25) is 15.1 Å². The van der Waals surface area contributed by atoms with Crippen molar-refractivity contribution in [3.8, 4) is 5.75 Å². The summed E-state index contributed by atoms with van der Waals surface area (Å²) < 4.78 is 11.2. The maximum Gasteiger partial charge on any atom is 0.338 e. The maximum absolute atomic E-state index is 13.0. The molecular weight excluding hydrogens is 475 g/mol. The number of halogens is 3. The van der Waals surface area contributed by atoms with Crippen molar-refractivity contribution in [1.29, 1.82) is 0 Å². The number of hydrogen-bond donors (Lipinski definition) is 1. The number of carbonyl (C=O) groups is 2. The first kappa shape index (κ1) is 24.0. The van der Waals surface area contributed by atoms with Gasteiger partial charge >= 0.3 is 12.0 Å². The molecule has 168 valence electrons. The van der Waals surface area contributed by atoms with Gasteiger partial charge in [0.15, 0.2) is 0 Å². The Kier molecular flexibility index (Phi) is 8.07. The first-order valence-electron chi connectivity index (χ1n) is 9.78. The summed E-state index contributed by atoms with van der Waals surface area (Å²) in [5.41, 5.74) is 1.19. The number of carbonyl (C=O) groups excluding carboxylic acids is 2. The van der Waals surface area contributed by atoms with Crippen molar-refractivity contribution in [1.82, 2.24) is 10.2 Å². The van der Waals surface area contributed by atoms with E-state index in [0.29, 0.717) is 32.1 Å². The minimum Gasteiger partial charge on any atom is -0.486 e. The van der Waals surface area contributed by atoms with E-state index < -0.39 is 18.0 Å². The van der Waals surface area contributed by atoms with E-state index in [0.717, 1.165) is 0 Å². The molecule has 2 aromatic carbocycles. The highest BCUT2D eigenvalue weighted by atomic mass is 35.5. The van der Waals surface area contributed by atoms with Crippen LogP contribution in [0.1, 0.15) is 18.5 Å². The lowest BCUT2D eigenvalue weighted by molar-refractivity contribution is -0.139. The maximum atomic E-state index is 13.0. The number of rotatable bonds is 8. The van der Waals surface area contributed by atoms with Gasteiger partial charge in [-0.25, -0.2) is 9.59 Å². The van der Waals surface area contributed by atoms with Gasteiger partial charge in [0, 0.05) is 22.7 Å². The number of benzene rings is 2. The number of urea groups is 1. The summed E-state index contributed by atoms with van der Waals surface area (Å²) in [6.45, 7) is 5.59. The highest BCUT2D eigenvalue weighted by Gasteiger charge is 2.38. The molecule has 1 atom stereocenters. The van der Waals surface area contributed by atoms with E-state index >= 15 is 0 Å². The van der Waals surface area contributed by atoms with E-state index in [4.69, 9.17) is 44.3 Å². The van der Waals surface area contributed by atoms with Crippen LogP contribution in [-0.2, 0) is 9.53 Å². The van der Waals surface area contributed by atoms with Crippen molar-refractivity contribution in [2.75, 3.05) is 19.8 Å². The topological polar surface area (TPSA) is 67.9 Å². The molecule has 32 heavy (non-hydrogen) atoms. The highest BCUT2D eigenvalue weighted by Crippen LogP contribution is 2.34. The van der Waals surface area contributed by atoms with E-state index in [9.17, 15) is 9.59 Å². The Morgan fingerprint density at radius 1 is 1.19 bits per heavy atom. The second-order valence-corrected chi connectivity index (χ2v) is 8.06. The Labute approximate surface area is 201 Å². The minimum absolute atomic E-state index is 0.132. The van der Waals surface area contributed by atoms with Crippen LogP contribution in [0.3, 0.4) is 0 Å². The minimum atomic E-state index is -0.783. The lowest BCUT2D eigenvalue weighted by Gasteiger charge is -2.36. The van der Waals surface area contributed by atoms with E-state index in [1.807, 2.05) is 0 Å². The number of hydrogen-bond acceptors (Lipinski definition) is 4. The average molecular weight is 496 g/mol. The molecule has 9 heteroatoms. The Balaban J connectivity index is 2.12. The van der Waals surface area contributed by atoms with Crippen LogP contribution in [0, 0.1) is 0 Å². The van der Waals surface area contributed by atoms with E-state index in [1.165, 1.54) is 4.90 Å². The van der Waals surface area contributed by atoms with Crippen molar-refractivity contribution in [2.45, 2.75) is 13.0 Å². The van der Waals surface area contributed by atoms with Gasteiger partial charge in [-0.15, -0.1) is 6.58 Å². The van der Waals surface area contributed by atoms with E-state index in [2.05, 4.69) is 11.9 Å². The van der Waals surface area contributed by atoms with Gasteiger partial charge in [0.05, 0.1) is 28.9 Å². The van der Waals surface area contributed by atoms with E-state index in [-0.39, 0.29) is 25.3 Å². The molecule has 0 saturated heterocycles. The molecule has 2 amide bonds. The highest BCUT2D eigenvalue weighted by molar-refractivity contribution is 6.34. The molecule has 0 fully saturated rings. The molecule has 2 aromatic rings. The lowest BCUT2D eigenvalue weighted by Crippen LogP contribution is -2.49. The summed E-state index contributed by atoms with van der Waals surface area (Å²) in [7, 11) is 0. The zero-order chi connectivity index (χ0) is 23.3. The Morgan fingerprint density at radius 3 is 2.62 bits per heavy atom. The molecule has 1 aliphatic heterocycles. The molecule has 0 radical (unpaired) electrons. The van der Waals surface area contributed by atoms with Gasteiger partial charge in [0.2, 0.25) is 0 Å². The zero-order valence-electron chi connectivity index (χ0n) is 17.2. The van der Waals surface area contributed by atoms with Crippen LogP contribution in [0.15, 0.2) is 66.4 Å². The number of nitrogens with zero attached hydrogens (tertiary/aromatic N) is 1. The number of amides is 2. The van der Waals surface area contributed by atoms with Gasteiger partial charge < -0.3 is 14.8 Å². The molecule has 0 bridgehead atoms. The quantitative estimate of drug-likeness (QED) is 0.371. The second kappa shape index (κ2) is 10.8. The Bertz CT molecular complexity index is 1070. The normalized spacial score (nSPS) is 15.9. The van der Waals surface area contributed by atoms with Gasteiger partial charge in [0.1, 0.15) is 12.4 Å². The largest absolute Gasteiger partial charge is 0.486 e. The van der Waals surface area contributed by atoms with Crippen molar-refractivity contribution in [2.24, 2.45) is 0 Å². The summed E-state index contributed by atoms with van der Waals surface area (Å²) in [5, 5.41) is 4.10. The monoisotopic (exact) mass is 494 g/mol. The van der Waals surface area contributed by atoms with Crippen LogP contribution in [0.4, 0.5) is 4.79 Å². The van der Waals surface area contributed by atoms with Crippen molar-refractivity contribution < 1.29 is 19.1 Å². The SMILES string of the molecule is C=CCN1C(=O)NC(c2cccc(Cl)c2)C(C(=O)OCC)=C1COc1cc(Cl)ccc1Cl. The Morgan fingerprint density at radius 2 is 1.94 bits per heavy atom. The summed E-state index contributed by atoms with van der Waals surface area (Å²) in [6, 6.07) is 10.5. The molecule has 1 N–H and O–H groups in total. The predicted molar refractivity (Wildman–Crippen MR) is 125 cm³/mol.